The predicted octanol–water partition coefficient (Wildman–Crippen LogP) is 3.05. The van der Waals surface area contributed by atoms with Gasteiger partial charge in [-0.3, -0.25) is 4.79 Å². The second kappa shape index (κ2) is 7.40. The summed E-state index contributed by atoms with van der Waals surface area (Å²) < 4.78 is 7.35. The van der Waals surface area contributed by atoms with E-state index in [0.29, 0.717) is 11.7 Å². The first kappa shape index (κ1) is 17.5. The first-order valence-electron chi connectivity index (χ1n) is 9.31. The van der Waals surface area contributed by atoms with Crippen LogP contribution in [-0.4, -0.2) is 41.1 Å². The molecule has 6 nitrogen and oxygen atoms in total. The molecule has 1 aliphatic rings. The van der Waals surface area contributed by atoms with Crippen molar-refractivity contribution in [3.05, 3.63) is 66.1 Å². The number of nitrogens with one attached hydrogen (secondary N) is 1. The van der Waals surface area contributed by atoms with Crippen LogP contribution < -0.4 is 10.2 Å². The van der Waals surface area contributed by atoms with Crippen LogP contribution in [0.15, 0.2) is 54.9 Å². The van der Waals surface area contributed by atoms with Gasteiger partial charge in [-0.15, -0.1) is 0 Å². The van der Waals surface area contributed by atoms with Gasteiger partial charge in [-0.1, -0.05) is 18.2 Å². The molecule has 1 saturated heterocycles. The molecule has 2 aromatic heterocycles. The van der Waals surface area contributed by atoms with E-state index in [9.17, 15) is 4.79 Å². The number of pyridine rings is 1. The van der Waals surface area contributed by atoms with Gasteiger partial charge in [-0.25, -0.2) is 4.98 Å². The molecular formula is C21H24N4O2. The lowest BCUT2D eigenvalue weighted by Crippen LogP contribution is -2.43. The van der Waals surface area contributed by atoms with Crippen molar-refractivity contribution in [2.24, 2.45) is 0 Å². The van der Waals surface area contributed by atoms with Gasteiger partial charge in [0.25, 0.3) is 5.91 Å². The zero-order valence-corrected chi connectivity index (χ0v) is 15.6. The Hall–Kier alpha value is -2.86. The van der Waals surface area contributed by atoms with E-state index in [4.69, 9.17) is 4.74 Å². The second-order valence-electron chi connectivity index (χ2n) is 7.00. The number of benzene rings is 1. The third kappa shape index (κ3) is 3.66. The first-order valence-corrected chi connectivity index (χ1v) is 9.31. The second-order valence-corrected chi connectivity index (χ2v) is 7.00. The zero-order chi connectivity index (χ0) is 18.8. The Kier molecular flexibility index (Phi) is 4.81. The lowest BCUT2D eigenvalue weighted by molar-refractivity contribution is 0.0935. The molecule has 0 unspecified atom stereocenters. The maximum absolute atomic E-state index is 12.5. The lowest BCUT2D eigenvalue weighted by atomic mass is 10.1. The summed E-state index contributed by atoms with van der Waals surface area (Å²) in [5, 5.41) is 3.03. The fourth-order valence-electron chi connectivity index (χ4n) is 3.46. The molecule has 3 heterocycles. The largest absolute Gasteiger partial charge is 0.377 e. The molecule has 0 saturated carbocycles. The van der Waals surface area contributed by atoms with E-state index in [0.717, 1.165) is 31.0 Å². The van der Waals surface area contributed by atoms with Crippen molar-refractivity contribution < 1.29 is 9.53 Å². The highest BCUT2D eigenvalue weighted by Gasteiger charge is 2.19. The Bertz CT molecular complexity index is 902. The van der Waals surface area contributed by atoms with Crippen LogP contribution in [0.4, 0.5) is 5.69 Å². The van der Waals surface area contributed by atoms with Crippen molar-refractivity contribution in [3.63, 3.8) is 0 Å². The minimum Gasteiger partial charge on any atom is -0.377 e. The molecule has 6 heteroatoms. The number of carbonyl (C=O) groups is 1. The summed E-state index contributed by atoms with van der Waals surface area (Å²) in [6.07, 6.45) is 3.63. The van der Waals surface area contributed by atoms with E-state index >= 15 is 0 Å². The van der Waals surface area contributed by atoms with Crippen LogP contribution in [0.25, 0.3) is 5.65 Å². The van der Waals surface area contributed by atoms with Crippen LogP contribution in [0.1, 0.15) is 35.9 Å². The topological polar surface area (TPSA) is 58.9 Å². The number of carbonyl (C=O) groups excluding carboxylic acids is 1. The number of amides is 1. The number of nitrogens with zero attached hydrogens (tertiary/aromatic N) is 3. The monoisotopic (exact) mass is 364 g/mol. The van der Waals surface area contributed by atoms with Gasteiger partial charge in [-0.2, -0.15) is 0 Å². The van der Waals surface area contributed by atoms with Crippen molar-refractivity contribution >= 4 is 17.2 Å². The van der Waals surface area contributed by atoms with Crippen molar-refractivity contribution in [2.75, 3.05) is 24.7 Å². The van der Waals surface area contributed by atoms with Gasteiger partial charge in [0.2, 0.25) is 0 Å². The Morgan fingerprint density at radius 2 is 2.07 bits per heavy atom. The fraction of sp³-hybridized carbons (Fsp3) is 0.333. The van der Waals surface area contributed by atoms with Gasteiger partial charge in [0.05, 0.1) is 19.3 Å². The molecular weight excluding hydrogens is 340 g/mol. The lowest BCUT2D eigenvalue weighted by Gasteiger charge is -2.35. The van der Waals surface area contributed by atoms with E-state index in [1.165, 1.54) is 5.69 Å². The molecule has 3 aromatic rings. The molecule has 1 N–H and O–H groups in total. The summed E-state index contributed by atoms with van der Waals surface area (Å²) in [6.45, 7) is 6.58. The van der Waals surface area contributed by atoms with E-state index in [1.54, 1.807) is 6.20 Å². The maximum Gasteiger partial charge on any atom is 0.271 e. The number of hydrogen-bond donors (Lipinski definition) is 1. The maximum atomic E-state index is 12.5. The van der Waals surface area contributed by atoms with Crippen LogP contribution in [-0.2, 0) is 4.74 Å². The molecule has 0 radical (unpaired) electrons. The normalized spacial score (nSPS) is 18.4. The molecule has 1 amide bonds. The molecule has 2 atom stereocenters. The van der Waals surface area contributed by atoms with Crippen LogP contribution in [0.3, 0.4) is 0 Å². The third-order valence-electron chi connectivity index (χ3n) is 5.04. The number of fused-ring (bicyclic) bond motifs is 1. The molecule has 1 aromatic carbocycles. The highest BCUT2D eigenvalue weighted by molar-refractivity contribution is 5.93. The summed E-state index contributed by atoms with van der Waals surface area (Å²) in [5.74, 6) is -0.169. The summed E-state index contributed by atoms with van der Waals surface area (Å²) in [7, 11) is 0. The van der Waals surface area contributed by atoms with Gasteiger partial charge >= 0.3 is 0 Å². The summed E-state index contributed by atoms with van der Waals surface area (Å²) in [6, 6.07) is 14.4. The Labute approximate surface area is 158 Å². The van der Waals surface area contributed by atoms with Crippen LogP contribution >= 0.6 is 0 Å². The number of ether oxygens (including phenoxy) is 1. The number of imidazole rings is 1. The standard InChI is InChI=1S/C21H24N4O2/c1-15-14-27-12-11-25(15)18-8-6-17(7-9-18)16(2)22-21(26)19-13-24-10-4-3-5-20(24)23-19/h3-10,13,15-16H,11-12,14H2,1-2H3,(H,22,26)/t15-,16-/m1/s1. The smallest absolute Gasteiger partial charge is 0.271 e. The van der Waals surface area contributed by atoms with Crippen molar-refractivity contribution in [1.29, 1.82) is 0 Å². The summed E-state index contributed by atoms with van der Waals surface area (Å²) in [4.78, 5) is 19.3. The van der Waals surface area contributed by atoms with E-state index in [2.05, 4.69) is 46.4 Å². The molecule has 0 bridgehead atoms. The number of rotatable bonds is 4. The number of aromatic nitrogens is 2. The highest BCUT2D eigenvalue weighted by Crippen LogP contribution is 2.22. The van der Waals surface area contributed by atoms with E-state index in [-0.39, 0.29) is 11.9 Å². The Morgan fingerprint density at radius 3 is 2.81 bits per heavy atom. The number of morpholine rings is 1. The predicted molar refractivity (Wildman–Crippen MR) is 105 cm³/mol. The Morgan fingerprint density at radius 1 is 1.26 bits per heavy atom. The van der Waals surface area contributed by atoms with Gasteiger partial charge in [0.15, 0.2) is 0 Å². The van der Waals surface area contributed by atoms with Crippen molar-refractivity contribution in [1.82, 2.24) is 14.7 Å². The zero-order valence-electron chi connectivity index (χ0n) is 15.6. The fourth-order valence-corrected chi connectivity index (χ4v) is 3.46. The van der Waals surface area contributed by atoms with E-state index in [1.807, 2.05) is 35.7 Å². The van der Waals surface area contributed by atoms with Crippen molar-refractivity contribution in [3.8, 4) is 0 Å². The molecule has 0 spiro atoms. The molecule has 140 valence electrons. The van der Waals surface area contributed by atoms with Crippen molar-refractivity contribution in [2.45, 2.75) is 25.9 Å². The quantitative estimate of drug-likeness (QED) is 0.773. The van der Waals surface area contributed by atoms with Crippen LogP contribution in [0.2, 0.25) is 0 Å². The first-order chi connectivity index (χ1) is 13.1. The average Bonchev–Trinajstić information content (AvgIpc) is 3.13. The van der Waals surface area contributed by atoms with Gasteiger partial charge < -0.3 is 19.4 Å². The molecule has 27 heavy (non-hydrogen) atoms. The SMILES string of the molecule is C[C@@H]1COCCN1c1ccc([C@@H](C)NC(=O)c2cn3ccccc3n2)cc1. The van der Waals surface area contributed by atoms with Gasteiger partial charge in [0, 0.05) is 30.7 Å². The van der Waals surface area contributed by atoms with Gasteiger partial charge in [0.1, 0.15) is 11.3 Å². The Balaban J connectivity index is 1.44. The minimum absolute atomic E-state index is 0.0986. The molecule has 1 fully saturated rings. The molecule has 1 aliphatic heterocycles. The highest BCUT2D eigenvalue weighted by atomic mass is 16.5. The molecule has 0 aliphatic carbocycles. The molecule has 4 rings (SSSR count). The average molecular weight is 364 g/mol. The minimum atomic E-state index is -0.169. The van der Waals surface area contributed by atoms with Gasteiger partial charge in [-0.05, 0) is 43.7 Å². The summed E-state index contributed by atoms with van der Waals surface area (Å²) in [5.41, 5.74) is 3.44. The third-order valence-corrected chi connectivity index (χ3v) is 5.04. The summed E-state index contributed by atoms with van der Waals surface area (Å²) >= 11 is 0. The number of anilines is 1. The van der Waals surface area contributed by atoms with Crippen LogP contribution in [0, 0.1) is 0 Å². The van der Waals surface area contributed by atoms with Crippen LogP contribution in [0.5, 0.6) is 0 Å². The van der Waals surface area contributed by atoms with E-state index < -0.39 is 0 Å². The number of hydrogen-bond acceptors (Lipinski definition) is 4.